The Morgan fingerprint density at radius 3 is 2.64 bits per heavy atom. The fourth-order valence-corrected chi connectivity index (χ4v) is 5.29. The van der Waals surface area contributed by atoms with Crippen LogP contribution in [0.25, 0.3) is 0 Å². The van der Waals surface area contributed by atoms with Crippen molar-refractivity contribution in [3.05, 3.63) is 28.7 Å². The molecule has 33 heavy (non-hydrogen) atoms. The lowest BCUT2D eigenvalue weighted by atomic mass is 9.94. The van der Waals surface area contributed by atoms with Crippen molar-refractivity contribution in [1.82, 2.24) is 24.8 Å². The molecule has 2 aromatic heterocycles. The maximum absolute atomic E-state index is 13.3. The number of carbonyl (C=O) groups is 2. The number of methoxy groups -OCH3 is 1. The van der Waals surface area contributed by atoms with Crippen LogP contribution in [0, 0.1) is 13.8 Å². The lowest BCUT2D eigenvalue weighted by molar-refractivity contribution is -0.150. The highest BCUT2D eigenvalue weighted by molar-refractivity contribution is 7.15. The largest absolute Gasteiger partial charge is 0.375 e. The van der Waals surface area contributed by atoms with Crippen LogP contribution in [0.3, 0.4) is 0 Å². The molecular formula is C23H32N6O3S. The predicted molar refractivity (Wildman–Crippen MR) is 127 cm³/mol. The Bertz CT molecular complexity index is 988. The van der Waals surface area contributed by atoms with E-state index in [1.807, 2.05) is 31.0 Å². The zero-order chi connectivity index (χ0) is 23.4. The molecule has 2 aromatic rings. The van der Waals surface area contributed by atoms with E-state index in [0.717, 1.165) is 59.4 Å². The molecule has 2 saturated heterocycles. The van der Waals surface area contributed by atoms with Gasteiger partial charge >= 0.3 is 0 Å². The average Bonchev–Trinajstić information content (AvgIpc) is 3.22. The summed E-state index contributed by atoms with van der Waals surface area (Å²) in [5, 5.41) is 4.10. The molecule has 9 nitrogen and oxygen atoms in total. The molecule has 0 aromatic carbocycles. The number of nitrogens with one attached hydrogen (secondary N) is 1. The van der Waals surface area contributed by atoms with E-state index in [2.05, 4.69) is 15.3 Å². The molecule has 178 valence electrons. The van der Waals surface area contributed by atoms with Crippen molar-refractivity contribution in [3.63, 3.8) is 0 Å². The van der Waals surface area contributed by atoms with Crippen molar-refractivity contribution in [1.29, 1.82) is 0 Å². The van der Waals surface area contributed by atoms with Gasteiger partial charge in [0.15, 0.2) is 5.13 Å². The van der Waals surface area contributed by atoms with Crippen LogP contribution in [0.1, 0.15) is 54.4 Å². The van der Waals surface area contributed by atoms with E-state index in [9.17, 15) is 9.59 Å². The number of thiazole rings is 1. The Kier molecular flexibility index (Phi) is 7.54. The minimum atomic E-state index is -0.370. The third-order valence-electron chi connectivity index (χ3n) is 6.28. The summed E-state index contributed by atoms with van der Waals surface area (Å²) in [6.07, 6.45) is 6.08. The van der Waals surface area contributed by atoms with Crippen molar-refractivity contribution < 1.29 is 14.3 Å². The van der Waals surface area contributed by atoms with Gasteiger partial charge in [0.25, 0.3) is 0 Å². The van der Waals surface area contributed by atoms with Crippen LogP contribution < -0.4 is 5.32 Å². The minimum Gasteiger partial charge on any atom is -0.375 e. The van der Waals surface area contributed by atoms with Crippen molar-refractivity contribution in [2.45, 2.75) is 57.9 Å². The molecule has 2 aliphatic rings. The fourth-order valence-electron chi connectivity index (χ4n) is 4.62. The van der Waals surface area contributed by atoms with E-state index in [0.29, 0.717) is 19.6 Å². The summed E-state index contributed by atoms with van der Waals surface area (Å²) in [6, 6.07) is 1.55. The molecule has 0 radical (unpaired) electrons. The van der Waals surface area contributed by atoms with Gasteiger partial charge in [-0.15, -0.1) is 11.3 Å². The molecule has 1 atom stereocenters. The zero-order valence-electron chi connectivity index (χ0n) is 19.5. The van der Waals surface area contributed by atoms with Gasteiger partial charge in [-0.25, -0.2) is 15.0 Å². The first kappa shape index (κ1) is 23.6. The van der Waals surface area contributed by atoms with Gasteiger partial charge in [0.1, 0.15) is 24.3 Å². The number of carbonyl (C=O) groups excluding carboxylic acids is 2. The fraction of sp³-hybridized carbons (Fsp3) is 0.609. The number of anilines is 2. The number of hydrogen-bond acceptors (Lipinski definition) is 8. The van der Waals surface area contributed by atoms with Crippen molar-refractivity contribution >= 4 is 34.1 Å². The minimum absolute atomic E-state index is 0.0213. The highest BCUT2D eigenvalue weighted by Gasteiger charge is 2.36. The SMILES string of the molecule is COCC(=O)N1CCCCC1C(=O)N1CCC(c2nc(C)cc(Nc3ncc(C)s3)n2)CC1. The second-order valence-corrected chi connectivity index (χ2v) is 10.0. The standard InChI is InChI=1S/C23H32N6O3S/c1-15-12-19(27-23-24-13-16(2)33-23)26-21(25-15)17-7-10-28(11-8-17)22(31)18-6-4-5-9-29(18)20(30)14-32-3/h12-13,17-18H,4-11,14H2,1-3H3,(H,24,25,26,27). The van der Waals surface area contributed by atoms with E-state index in [1.165, 1.54) is 7.11 Å². The van der Waals surface area contributed by atoms with E-state index < -0.39 is 0 Å². The highest BCUT2D eigenvalue weighted by atomic mass is 32.1. The molecule has 0 spiro atoms. The Hall–Kier alpha value is -2.59. The van der Waals surface area contributed by atoms with E-state index in [1.54, 1.807) is 16.2 Å². The van der Waals surface area contributed by atoms with Crippen LogP contribution in [-0.2, 0) is 14.3 Å². The smallest absolute Gasteiger partial charge is 0.249 e. The number of nitrogens with zero attached hydrogens (tertiary/aromatic N) is 5. The number of rotatable bonds is 6. The molecule has 0 bridgehead atoms. The summed E-state index contributed by atoms with van der Waals surface area (Å²) in [7, 11) is 1.51. The van der Waals surface area contributed by atoms with Crippen LogP contribution in [0.5, 0.6) is 0 Å². The molecule has 2 fully saturated rings. The number of ether oxygens (including phenoxy) is 1. The van der Waals surface area contributed by atoms with Gasteiger partial charge in [-0.1, -0.05) is 0 Å². The van der Waals surface area contributed by atoms with Crippen LogP contribution in [0.2, 0.25) is 0 Å². The first-order chi connectivity index (χ1) is 15.9. The van der Waals surface area contributed by atoms with Gasteiger partial charge in [0.2, 0.25) is 11.8 Å². The van der Waals surface area contributed by atoms with E-state index in [4.69, 9.17) is 9.72 Å². The molecule has 4 heterocycles. The van der Waals surface area contributed by atoms with Crippen LogP contribution in [0.4, 0.5) is 10.9 Å². The highest BCUT2D eigenvalue weighted by Crippen LogP contribution is 2.29. The molecule has 0 saturated carbocycles. The Morgan fingerprint density at radius 2 is 1.94 bits per heavy atom. The van der Waals surface area contributed by atoms with E-state index in [-0.39, 0.29) is 30.4 Å². The number of hydrogen-bond donors (Lipinski definition) is 1. The summed E-state index contributed by atoms with van der Waals surface area (Å²) >= 11 is 1.59. The van der Waals surface area contributed by atoms with Gasteiger partial charge < -0.3 is 19.9 Å². The molecule has 2 aliphatic heterocycles. The predicted octanol–water partition coefficient (Wildman–Crippen LogP) is 3.03. The number of aromatic nitrogens is 3. The lowest BCUT2D eigenvalue weighted by Crippen LogP contribution is -2.55. The molecule has 4 rings (SSSR count). The van der Waals surface area contributed by atoms with Gasteiger partial charge in [-0.05, 0) is 46.0 Å². The van der Waals surface area contributed by atoms with Crippen LogP contribution in [0.15, 0.2) is 12.3 Å². The molecule has 1 unspecified atom stereocenters. The van der Waals surface area contributed by atoms with Gasteiger partial charge in [-0.3, -0.25) is 9.59 Å². The summed E-state index contributed by atoms with van der Waals surface area (Å²) in [6.45, 7) is 5.94. The monoisotopic (exact) mass is 472 g/mol. The summed E-state index contributed by atoms with van der Waals surface area (Å²) in [5.41, 5.74) is 0.906. The van der Waals surface area contributed by atoms with E-state index >= 15 is 0 Å². The molecule has 0 aliphatic carbocycles. The first-order valence-electron chi connectivity index (χ1n) is 11.6. The Balaban J connectivity index is 1.39. The van der Waals surface area contributed by atoms with Gasteiger partial charge in [0.05, 0.1) is 0 Å². The Morgan fingerprint density at radius 1 is 1.15 bits per heavy atom. The molecule has 1 N–H and O–H groups in total. The van der Waals surface area contributed by atoms with Gasteiger partial charge in [0, 0.05) is 55.5 Å². The lowest BCUT2D eigenvalue weighted by Gasteiger charge is -2.39. The van der Waals surface area contributed by atoms with Crippen LogP contribution >= 0.6 is 11.3 Å². The number of amides is 2. The van der Waals surface area contributed by atoms with Crippen molar-refractivity contribution in [3.8, 4) is 0 Å². The maximum atomic E-state index is 13.3. The normalized spacial score (nSPS) is 19.5. The second kappa shape index (κ2) is 10.6. The summed E-state index contributed by atoms with van der Waals surface area (Å²) < 4.78 is 5.01. The van der Waals surface area contributed by atoms with Crippen LogP contribution in [-0.4, -0.2) is 76.0 Å². The number of aryl methyl sites for hydroxylation is 2. The zero-order valence-corrected chi connectivity index (χ0v) is 20.4. The van der Waals surface area contributed by atoms with Crippen molar-refractivity contribution in [2.24, 2.45) is 0 Å². The third kappa shape index (κ3) is 5.67. The number of piperidine rings is 2. The number of likely N-dealkylation sites (tertiary alicyclic amines) is 2. The summed E-state index contributed by atoms with van der Waals surface area (Å²) in [5.74, 6) is 1.72. The molecular weight excluding hydrogens is 440 g/mol. The molecule has 10 heteroatoms. The average molecular weight is 473 g/mol. The quantitative estimate of drug-likeness (QED) is 0.690. The maximum Gasteiger partial charge on any atom is 0.249 e. The van der Waals surface area contributed by atoms with Gasteiger partial charge in [-0.2, -0.15) is 0 Å². The van der Waals surface area contributed by atoms with Crippen molar-refractivity contribution in [2.75, 3.05) is 38.7 Å². The first-order valence-corrected chi connectivity index (χ1v) is 12.4. The Labute approximate surface area is 198 Å². The molecule has 2 amide bonds. The summed E-state index contributed by atoms with van der Waals surface area (Å²) in [4.78, 5) is 44.3. The topological polar surface area (TPSA) is 101 Å². The second-order valence-electron chi connectivity index (χ2n) is 8.79. The third-order valence-corrected chi connectivity index (χ3v) is 7.10.